The lowest BCUT2D eigenvalue weighted by molar-refractivity contribution is 0.0951. The molecule has 7 heteroatoms. The summed E-state index contributed by atoms with van der Waals surface area (Å²) in [6.45, 7) is 1.32. The SMILES string of the molecule is Cl.NCCNC(=O)c1ncsc1-c1cccc(OCc2ccccc2)c1. The molecule has 0 bridgehead atoms. The van der Waals surface area contributed by atoms with Gasteiger partial charge in [-0.1, -0.05) is 42.5 Å². The van der Waals surface area contributed by atoms with Gasteiger partial charge in [0.05, 0.1) is 10.4 Å². The van der Waals surface area contributed by atoms with Crippen LogP contribution in [0.4, 0.5) is 0 Å². The van der Waals surface area contributed by atoms with Crippen molar-refractivity contribution in [3.8, 4) is 16.2 Å². The van der Waals surface area contributed by atoms with Crippen LogP contribution in [0.2, 0.25) is 0 Å². The van der Waals surface area contributed by atoms with E-state index in [0.29, 0.717) is 25.4 Å². The lowest BCUT2D eigenvalue weighted by Gasteiger charge is -2.08. The predicted octanol–water partition coefficient (Wildman–Crippen LogP) is 3.50. The minimum absolute atomic E-state index is 0. The average Bonchev–Trinajstić information content (AvgIpc) is 3.15. The summed E-state index contributed by atoms with van der Waals surface area (Å²) in [5, 5.41) is 2.76. The summed E-state index contributed by atoms with van der Waals surface area (Å²) >= 11 is 1.43. The van der Waals surface area contributed by atoms with Crippen LogP contribution in [-0.2, 0) is 6.61 Å². The number of aromatic nitrogens is 1. The van der Waals surface area contributed by atoms with Crippen LogP contribution in [0.5, 0.6) is 5.75 Å². The molecule has 1 heterocycles. The highest BCUT2D eigenvalue weighted by Crippen LogP contribution is 2.30. The van der Waals surface area contributed by atoms with E-state index in [1.54, 1.807) is 5.51 Å². The molecule has 26 heavy (non-hydrogen) atoms. The third kappa shape index (κ3) is 5.05. The van der Waals surface area contributed by atoms with Crippen LogP contribution >= 0.6 is 23.7 Å². The van der Waals surface area contributed by atoms with Gasteiger partial charge in [0.2, 0.25) is 0 Å². The maximum atomic E-state index is 12.2. The van der Waals surface area contributed by atoms with Crippen LogP contribution in [0, 0.1) is 0 Å². The van der Waals surface area contributed by atoms with Crippen LogP contribution in [0.25, 0.3) is 10.4 Å². The van der Waals surface area contributed by atoms with Gasteiger partial charge in [-0.3, -0.25) is 4.79 Å². The second kappa shape index (κ2) is 9.91. The number of nitrogens with one attached hydrogen (secondary N) is 1. The Morgan fingerprint density at radius 3 is 2.73 bits per heavy atom. The van der Waals surface area contributed by atoms with Gasteiger partial charge in [-0.15, -0.1) is 23.7 Å². The Kier molecular flexibility index (Phi) is 7.59. The number of nitrogens with two attached hydrogens (primary N) is 1. The Labute approximate surface area is 162 Å². The Morgan fingerprint density at radius 1 is 1.15 bits per heavy atom. The molecular formula is C19H20ClN3O2S. The number of nitrogens with zero attached hydrogens (tertiary/aromatic N) is 1. The molecule has 0 saturated heterocycles. The zero-order valence-electron chi connectivity index (χ0n) is 14.1. The van der Waals surface area contributed by atoms with Crippen LogP contribution in [0.3, 0.4) is 0 Å². The molecule has 0 saturated carbocycles. The number of hydrogen-bond acceptors (Lipinski definition) is 5. The normalized spacial score (nSPS) is 10.0. The summed E-state index contributed by atoms with van der Waals surface area (Å²) in [4.78, 5) is 17.2. The number of carbonyl (C=O) groups excluding carboxylic acids is 1. The van der Waals surface area contributed by atoms with Gasteiger partial charge in [0.25, 0.3) is 5.91 Å². The van der Waals surface area contributed by atoms with E-state index in [2.05, 4.69) is 10.3 Å². The first-order valence-corrected chi connectivity index (χ1v) is 8.85. The number of benzene rings is 2. The molecular weight excluding hydrogens is 370 g/mol. The van der Waals surface area contributed by atoms with Gasteiger partial charge in [0.1, 0.15) is 18.1 Å². The van der Waals surface area contributed by atoms with Crippen molar-refractivity contribution in [2.45, 2.75) is 6.61 Å². The van der Waals surface area contributed by atoms with Crippen LogP contribution in [0.1, 0.15) is 16.1 Å². The van der Waals surface area contributed by atoms with Crippen molar-refractivity contribution in [1.82, 2.24) is 10.3 Å². The van der Waals surface area contributed by atoms with Crippen molar-refractivity contribution in [3.63, 3.8) is 0 Å². The monoisotopic (exact) mass is 389 g/mol. The number of amides is 1. The maximum absolute atomic E-state index is 12.2. The van der Waals surface area contributed by atoms with E-state index in [4.69, 9.17) is 10.5 Å². The molecule has 1 aromatic heterocycles. The summed E-state index contributed by atoms with van der Waals surface area (Å²) in [6, 6.07) is 17.7. The molecule has 3 N–H and O–H groups in total. The van der Waals surface area contributed by atoms with E-state index in [1.807, 2.05) is 54.6 Å². The van der Waals surface area contributed by atoms with E-state index in [0.717, 1.165) is 21.8 Å². The zero-order chi connectivity index (χ0) is 17.5. The molecule has 0 aliphatic heterocycles. The average molecular weight is 390 g/mol. The quantitative estimate of drug-likeness (QED) is 0.648. The second-order valence-electron chi connectivity index (χ2n) is 5.38. The van der Waals surface area contributed by atoms with Gasteiger partial charge in [-0.05, 0) is 23.3 Å². The molecule has 5 nitrogen and oxygen atoms in total. The van der Waals surface area contributed by atoms with Crippen molar-refractivity contribution < 1.29 is 9.53 Å². The lowest BCUT2D eigenvalue weighted by atomic mass is 10.1. The Bertz CT molecular complexity index is 840. The van der Waals surface area contributed by atoms with Crippen molar-refractivity contribution in [2.24, 2.45) is 5.73 Å². The number of carbonyl (C=O) groups is 1. The van der Waals surface area contributed by atoms with Gasteiger partial charge in [-0.25, -0.2) is 4.98 Å². The molecule has 0 fully saturated rings. The molecule has 1 amide bonds. The fourth-order valence-corrected chi connectivity index (χ4v) is 3.13. The number of rotatable bonds is 7. The highest BCUT2D eigenvalue weighted by atomic mass is 35.5. The largest absolute Gasteiger partial charge is 0.489 e. The molecule has 0 aliphatic rings. The fourth-order valence-electron chi connectivity index (χ4n) is 2.35. The molecule has 3 rings (SSSR count). The Morgan fingerprint density at radius 2 is 1.96 bits per heavy atom. The fraction of sp³-hybridized carbons (Fsp3) is 0.158. The number of ether oxygens (including phenoxy) is 1. The molecule has 2 aromatic carbocycles. The van der Waals surface area contributed by atoms with Gasteiger partial charge in [0.15, 0.2) is 0 Å². The van der Waals surface area contributed by atoms with E-state index in [1.165, 1.54) is 11.3 Å². The summed E-state index contributed by atoms with van der Waals surface area (Å²) in [6.07, 6.45) is 0. The Hall–Kier alpha value is -2.41. The van der Waals surface area contributed by atoms with E-state index in [9.17, 15) is 4.79 Å². The highest BCUT2D eigenvalue weighted by molar-refractivity contribution is 7.13. The van der Waals surface area contributed by atoms with Crippen molar-refractivity contribution >= 4 is 29.7 Å². The molecule has 0 atom stereocenters. The predicted molar refractivity (Wildman–Crippen MR) is 107 cm³/mol. The summed E-state index contributed by atoms with van der Waals surface area (Å²) in [7, 11) is 0. The maximum Gasteiger partial charge on any atom is 0.271 e. The molecule has 136 valence electrons. The van der Waals surface area contributed by atoms with Gasteiger partial charge >= 0.3 is 0 Å². The van der Waals surface area contributed by atoms with Crippen molar-refractivity contribution in [2.75, 3.05) is 13.1 Å². The van der Waals surface area contributed by atoms with Crippen molar-refractivity contribution in [3.05, 3.63) is 71.4 Å². The molecule has 3 aromatic rings. The summed E-state index contributed by atoms with van der Waals surface area (Å²) in [5.41, 5.74) is 9.53. The molecule has 0 radical (unpaired) electrons. The van der Waals surface area contributed by atoms with Crippen molar-refractivity contribution in [1.29, 1.82) is 0 Å². The third-order valence-electron chi connectivity index (χ3n) is 3.56. The van der Waals surface area contributed by atoms with Crippen LogP contribution in [0.15, 0.2) is 60.1 Å². The van der Waals surface area contributed by atoms with Gasteiger partial charge in [-0.2, -0.15) is 0 Å². The molecule has 0 aliphatic carbocycles. The van der Waals surface area contributed by atoms with Crippen LogP contribution in [-0.4, -0.2) is 24.0 Å². The first kappa shape index (κ1) is 19.9. The highest BCUT2D eigenvalue weighted by Gasteiger charge is 2.16. The van der Waals surface area contributed by atoms with E-state index < -0.39 is 0 Å². The van der Waals surface area contributed by atoms with Gasteiger partial charge in [0, 0.05) is 13.1 Å². The summed E-state index contributed by atoms with van der Waals surface area (Å²) < 4.78 is 5.86. The van der Waals surface area contributed by atoms with Gasteiger partial charge < -0.3 is 15.8 Å². The number of hydrogen-bond donors (Lipinski definition) is 2. The first-order chi connectivity index (χ1) is 12.3. The van der Waals surface area contributed by atoms with E-state index in [-0.39, 0.29) is 18.3 Å². The second-order valence-corrected chi connectivity index (χ2v) is 6.23. The standard InChI is InChI=1S/C19H19N3O2S.ClH/c20-9-10-21-19(23)17-18(25-13-22-17)15-7-4-8-16(11-15)24-12-14-5-2-1-3-6-14;/h1-8,11,13H,9-10,12,20H2,(H,21,23);1H. The molecule has 0 unspecified atom stereocenters. The zero-order valence-corrected chi connectivity index (χ0v) is 15.7. The Balaban J connectivity index is 0.00000243. The summed E-state index contributed by atoms with van der Waals surface area (Å²) in [5.74, 6) is 0.542. The topological polar surface area (TPSA) is 77.2 Å². The number of halogens is 1. The van der Waals surface area contributed by atoms with E-state index >= 15 is 0 Å². The molecule has 0 spiro atoms. The lowest BCUT2D eigenvalue weighted by Crippen LogP contribution is -2.29. The third-order valence-corrected chi connectivity index (χ3v) is 4.43. The van der Waals surface area contributed by atoms with Crippen LogP contribution < -0.4 is 15.8 Å². The first-order valence-electron chi connectivity index (χ1n) is 7.97. The minimum atomic E-state index is -0.211. The smallest absolute Gasteiger partial charge is 0.271 e. The minimum Gasteiger partial charge on any atom is -0.489 e. The number of thiazole rings is 1.